The molecule has 0 fully saturated rings. The normalized spacial score (nSPS) is 17.9. The summed E-state index contributed by atoms with van der Waals surface area (Å²) in [5.74, 6) is 2.70. The zero-order valence-electron chi connectivity index (χ0n) is 21.6. The van der Waals surface area contributed by atoms with Gasteiger partial charge in [0, 0.05) is 28.8 Å². The molecule has 1 N–H and O–H groups in total. The lowest BCUT2D eigenvalue weighted by molar-refractivity contribution is -0.137. The van der Waals surface area contributed by atoms with Gasteiger partial charge in [0.15, 0.2) is 0 Å². The van der Waals surface area contributed by atoms with Crippen LogP contribution in [0.4, 0.5) is 0 Å². The van der Waals surface area contributed by atoms with E-state index in [4.69, 9.17) is 9.47 Å². The number of aliphatic carboxylic acids is 1. The first kappa shape index (κ1) is 26.0. The topological polar surface area (TPSA) is 68.7 Å². The number of carboxylic acids is 1. The van der Waals surface area contributed by atoms with E-state index in [1.54, 1.807) is 11.8 Å². The number of aromatic nitrogens is 1. The molecule has 1 aliphatic heterocycles. The lowest BCUT2D eigenvalue weighted by atomic mass is 9.90. The van der Waals surface area contributed by atoms with E-state index < -0.39 is 5.97 Å². The van der Waals surface area contributed by atoms with Gasteiger partial charge in [-0.15, -0.1) is 11.8 Å². The van der Waals surface area contributed by atoms with Crippen molar-refractivity contribution in [1.29, 1.82) is 0 Å². The fourth-order valence-electron chi connectivity index (χ4n) is 5.53. The Hall–Kier alpha value is -2.64. The summed E-state index contributed by atoms with van der Waals surface area (Å²) in [4.78, 5) is 16.8. The summed E-state index contributed by atoms with van der Waals surface area (Å²) >= 11 is 3.54. The molecular weight excluding hydrogens is 502 g/mol. The van der Waals surface area contributed by atoms with Gasteiger partial charge in [0.1, 0.15) is 11.9 Å². The molecule has 7 heteroatoms. The van der Waals surface area contributed by atoms with E-state index in [-0.39, 0.29) is 18.4 Å². The van der Waals surface area contributed by atoms with Gasteiger partial charge in [-0.25, -0.2) is 4.98 Å². The predicted molar refractivity (Wildman–Crippen MR) is 151 cm³/mol. The molecule has 0 bridgehead atoms. The number of hydrogen-bond donors (Lipinski definition) is 1. The summed E-state index contributed by atoms with van der Waals surface area (Å²) in [5.41, 5.74) is 8.62. The summed E-state index contributed by atoms with van der Waals surface area (Å²) in [7, 11) is 0. The fourth-order valence-corrected chi connectivity index (χ4v) is 7.18. The van der Waals surface area contributed by atoms with Crippen LogP contribution in [0.15, 0.2) is 47.5 Å². The van der Waals surface area contributed by atoms with Crippen LogP contribution in [0.5, 0.6) is 11.6 Å². The van der Waals surface area contributed by atoms with E-state index in [1.807, 2.05) is 24.0 Å². The minimum atomic E-state index is -0.768. The summed E-state index contributed by atoms with van der Waals surface area (Å²) in [6.45, 7) is 5.08. The quantitative estimate of drug-likeness (QED) is 0.275. The lowest BCUT2D eigenvalue weighted by Crippen LogP contribution is -2.07. The molecule has 5 nitrogen and oxygen atoms in total. The minimum absolute atomic E-state index is 0.0208. The van der Waals surface area contributed by atoms with Crippen LogP contribution >= 0.6 is 23.5 Å². The van der Waals surface area contributed by atoms with Crippen molar-refractivity contribution in [1.82, 2.24) is 4.98 Å². The number of pyridine rings is 1. The summed E-state index contributed by atoms with van der Waals surface area (Å²) in [5, 5.41) is 9.18. The third-order valence-electron chi connectivity index (χ3n) is 7.19. The van der Waals surface area contributed by atoms with Gasteiger partial charge >= 0.3 is 5.97 Å². The SMILES string of the molecule is CSCCCOc1cc(C)c(-c2cccc3c2CCC3Oc2cc3c(cn2)C(CC(=O)O)CS3)c(C)c1. The average Bonchev–Trinajstić information content (AvgIpc) is 3.45. The number of carbonyl (C=O) groups is 1. The van der Waals surface area contributed by atoms with Gasteiger partial charge in [0.25, 0.3) is 0 Å². The van der Waals surface area contributed by atoms with Crippen molar-refractivity contribution in [2.24, 2.45) is 0 Å². The first-order chi connectivity index (χ1) is 17.9. The number of ether oxygens (including phenoxy) is 2. The molecule has 1 aliphatic carbocycles. The highest BCUT2D eigenvalue weighted by atomic mass is 32.2. The molecule has 194 valence electrons. The van der Waals surface area contributed by atoms with Crippen LogP contribution < -0.4 is 9.47 Å². The molecule has 0 saturated heterocycles. The largest absolute Gasteiger partial charge is 0.494 e. The van der Waals surface area contributed by atoms with E-state index in [0.29, 0.717) is 5.88 Å². The molecule has 2 aliphatic rings. The number of fused-ring (bicyclic) bond motifs is 2. The van der Waals surface area contributed by atoms with Gasteiger partial charge in [0.05, 0.1) is 13.0 Å². The van der Waals surface area contributed by atoms with Crippen molar-refractivity contribution in [3.05, 3.63) is 70.4 Å². The molecule has 0 radical (unpaired) electrons. The van der Waals surface area contributed by atoms with E-state index in [0.717, 1.165) is 53.6 Å². The highest BCUT2D eigenvalue weighted by Gasteiger charge is 2.30. The Bertz CT molecular complexity index is 1290. The zero-order valence-corrected chi connectivity index (χ0v) is 23.2. The summed E-state index contributed by atoms with van der Waals surface area (Å²) < 4.78 is 12.4. The van der Waals surface area contributed by atoms with E-state index in [1.165, 1.54) is 33.4 Å². The Morgan fingerprint density at radius 1 is 1.19 bits per heavy atom. The molecule has 2 atom stereocenters. The number of aryl methyl sites for hydroxylation is 2. The molecule has 37 heavy (non-hydrogen) atoms. The molecular formula is C30H33NO4S2. The predicted octanol–water partition coefficient (Wildman–Crippen LogP) is 7.23. The van der Waals surface area contributed by atoms with Crippen LogP contribution in [0.2, 0.25) is 0 Å². The second-order valence-corrected chi connectivity index (χ2v) is 11.9. The molecule has 2 heterocycles. The maximum absolute atomic E-state index is 11.2. The molecule has 2 aromatic carbocycles. The second-order valence-electron chi connectivity index (χ2n) is 9.81. The highest BCUT2D eigenvalue weighted by Crippen LogP contribution is 2.45. The van der Waals surface area contributed by atoms with Crippen molar-refractivity contribution in [2.75, 3.05) is 24.4 Å². The van der Waals surface area contributed by atoms with Gasteiger partial charge in [-0.3, -0.25) is 4.79 Å². The Morgan fingerprint density at radius 3 is 2.76 bits per heavy atom. The van der Waals surface area contributed by atoms with Gasteiger partial charge < -0.3 is 14.6 Å². The van der Waals surface area contributed by atoms with Crippen LogP contribution in [0.1, 0.15) is 59.1 Å². The Kier molecular flexibility index (Phi) is 8.01. The van der Waals surface area contributed by atoms with Crippen molar-refractivity contribution in [3.63, 3.8) is 0 Å². The Balaban J connectivity index is 1.35. The van der Waals surface area contributed by atoms with Crippen molar-refractivity contribution in [2.45, 2.75) is 56.4 Å². The van der Waals surface area contributed by atoms with Crippen LogP contribution in [0.25, 0.3) is 11.1 Å². The van der Waals surface area contributed by atoms with Crippen molar-refractivity contribution >= 4 is 29.5 Å². The van der Waals surface area contributed by atoms with E-state index in [9.17, 15) is 9.90 Å². The summed E-state index contributed by atoms with van der Waals surface area (Å²) in [6.07, 6.45) is 6.96. The molecule has 3 aromatic rings. The Morgan fingerprint density at radius 2 is 2.00 bits per heavy atom. The van der Waals surface area contributed by atoms with Gasteiger partial charge in [-0.2, -0.15) is 11.8 Å². The molecule has 0 amide bonds. The average molecular weight is 536 g/mol. The van der Waals surface area contributed by atoms with E-state index >= 15 is 0 Å². The summed E-state index contributed by atoms with van der Waals surface area (Å²) in [6, 6.07) is 12.8. The van der Waals surface area contributed by atoms with Crippen molar-refractivity contribution < 1.29 is 19.4 Å². The maximum Gasteiger partial charge on any atom is 0.303 e. The first-order valence-electron chi connectivity index (χ1n) is 12.8. The molecule has 1 aromatic heterocycles. The van der Waals surface area contributed by atoms with Crippen LogP contribution in [0.3, 0.4) is 0 Å². The Labute approximate surface area is 227 Å². The number of nitrogens with zero attached hydrogens (tertiary/aromatic N) is 1. The highest BCUT2D eigenvalue weighted by molar-refractivity contribution is 7.99. The third-order valence-corrected chi connectivity index (χ3v) is 9.12. The zero-order chi connectivity index (χ0) is 25.9. The monoisotopic (exact) mass is 535 g/mol. The van der Waals surface area contributed by atoms with Crippen molar-refractivity contribution in [3.8, 4) is 22.8 Å². The minimum Gasteiger partial charge on any atom is -0.494 e. The number of hydrogen-bond acceptors (Lipinski definition) is 6. The van der Waals surface area contributed by atoms with Crippen LogP contribution in [-0.2, 0) is 11.2 Å². The smallest absolute Gasteiger partial charge is 0.303 e. The van der Waals surface area contributed by atoms with Gasteiger partial charge in [0.2, 0.25) is 5.88 Å². The van der Waals surface area contributed by atoms with Gasteiger partial charge in [-0.1, -0.05) is 18.2 Å². The lowest BCUT2D eigenvalue weighted by Gasteiger charge is -2.18. The molecule has 0 saturated carbocycles. The van der Waals surface area contributed by atoms with E-state index in [2.05, 4.69) is 55.4 Å². The molecule has 0 spiro atoms. The second kappa shape index (κ2) is 11.4. The number of rotatable bonds is 10. The fraction of sp³-hybridized carbons (Fsp3) is 0.400. The standard InChI is InChI=1S/C30H33NO4S2/c1-18-12-21(34-10-5-11-36-3)13-19(2)30(18)24-7-4-6-23-22(24)8-9-26(23)35-28-15-27-25(16-31-28)20(17-37-27)14-29(32)33/h4,6-7,12-13,15-16,20,26H,5,8-11,14,17H2,1-3H3,(H,32,33). The first-order valence-corrected chi connectivity index (χ1v) is 15.2. The molecule has 5 rings (SSSR count). The van der Waals surface area contributed by atoms with Crippen LogP contribution in [0, 0.1) is 13.8 Å². The number of thioether (sulfide) groups is 2. The number of carboxylic acid groups (broad SMARTS) is 1. The maximum atomic E-state index is 11.2. The third kappa shape index (κ3) is 5.63. The van der Waals surface area contributed by atoms with Crippen LogP contribution in [-0.4, -0.2) is 40.4 Å². The molecule has 2 unspecified atom stereocenters. The number of benzene rings is 2. The van der Waals surface area contributed by atoms with Gasteiger partial charge in [-0.05, 0) is 96.2 Å².